The van der Waals surface area contributed by atoms with E-state index in [1.54, 1.807) is 17.0 Å². The van der Waals surface area contributed by atoms with Gasteiger partial charge in [-0.05, 0) is 62.6 Å². The number of hydrogen-bond donors (Lipinski definition) is 5. The van der Waals surface area contributed by atoms with Crippen LogP contribution in [0.4, 0.5) is 4.39 Å². The van der Waals surface area contributed by atoms with E-state index in [2.05, 4.69) is 9.89 Å². The Morgan fingerprint density at radius 2 is 1.80 bits per heavy atom. The maximum atomic E-state index is 13.1. The highest BCUT2D eigenvalue weighted by Gasteiger charge is 2.32. The molecule has 0 radical (unpaired) electrons. The molecule has 1 fully saturated rings. The van der Waals surface area contributed by atoms with Gasteiger partial charge in [0.05, 0.1) is 0 Å². The summed E-state index contributed by atoms with van der Waals surface area (Å²) < 4.78 is 50.4. The van der Waals surface area contributed by atoms with Crippen LogP contribution in [0.15, 0.2) is 47.5 Å². The van der Waals surface area contributed by atoms with Gasteiger partial charge in [0.2, 0.25) is 0 Å². The molecule has 1 saturated heterocycles. The highest BCUT2D eigenvalue weighted by Crippen LogP contribution is 2.25. The van der Waals surface area contributed by atoms with Gasteiger partial charge in [-0.1, -0.05) is 23.7 Å². The summed E-state index contributed by atoms with van der Waals surface area (Å²) in [5.74, 6) is -1.97. The van der Waals surface area contributed by atoms with Gasteiger partial charge in [-0.25, -0.2) is 4.39 Å². The topological polar surface area (TPSA) is 215 Å². The van der Waals surface area contributed by atoms with Gasteiger partial charge in [0, 0.05) is 48.8 Å². The number of carboxylic acids is 1. The van der Waals surface area contributed by atoms with Crippen LogP contribution in [0, 0.1) is 5.82 Å². The molecule has 13 nitrogen and oxygen atoms in total. The van der Waals surface area contributed by atoms with Crippen LogP contribution in [0.2, 0.25) is 5.02 Å². The highest BCUT2D eigenvalue weighted by atomic mass is 35.5. The Hall–Kier alpha value is -3.50. The average molecular weight is 659 g/mol. The summed E-state index contributed by atoms with van der Waals surface area (Å²) in [5, 5.41) is 8.67. The first-order valence-corrected chi connectivity index (χ1v) is 15.7. The minimum Gasteiger partial charge on any atom is -0.483 e. The molecule has 2 aromatic carbocycles. The maximum Gasteiger partial charge on any atom is 0.320 e. The molecular formula is C28H40ClFN6O7S. The molecule has 8 N–H and O–H groups in total. The maximum absolute atomic E-state index is 13.1. The number of benzene rings is 2. The molecule has 3 atom stereocenters. The van der Waals surface area contributed by atoms with Crippen molar-refractivity contribution in [1.82, 2.24) is 9.80 Å². The molecule has 1 aliphatic heterocycles. The van der Waals surface area contributed by atoms with Gasteiger partial charge in [0.1, 0.15) is 23.4 Å². The van der Waals surface area contributed by atoms with Crippen molar-refractivity contribution in [2.45, 2.75) is 57.1 Å². The Balaban J connectivity index is 0.000000477. The van der Waals surface area contributed by atoms with Crippen molar-refractivity contribution >= 4 is 39.6 Å². The second kappa shape index (κ2) is 17.1. The van der Waals surface area contributed by atoms with Crippen LogP contribution >= 0.6 is 11.6 Å². The number of nitrogens with zero attached hydrogens (tertiary/aromatic N) is 3. The number of carbonyl (C=O) groups excluding carboxylic acids is 1. The van der Waals surface area contributed by atoms with Crippen LogP contribution in [-0.4, -0.2) is 90.1 Å². The van der Waals surface area contributed by atoms with Crippen LogP contribution in [0.1, 0.15) is 37.8 Å². The third-order valence-corrected chi connectivity index (χ3v) is 7.64. The summed E-state index contributed by atoms with van der Waals surface area (Å²) >= 11 is 5.91. The lowest BCUT2D eigenvalue weighted by Gasteiger charge is -2.44. The van der Waals surface area contributed by atoms with Gasteiger partial charge in [-0.3, -0.25) is 24.0 Å². The molecule has 0 unspecified atom stereocenters. The summed E-state index contributed by atoms with van der Waals surface area (Å²) in [6, 6.07) is 9.98. The smallest absolute Gasteiger partial charge is 0.320 e. The number of ether oxygens (including phenoxy) is 1. The number of aliphatic imine (C=N–C) groups is 1. The van der Waals surface area contributed by atoms with E-state index in [1.165, 1.54) is 30.3 Å². The number of carboxylic acid groups (broad SMARTS) is 1. The third-order valence-electron chi connectivity index (χ3n) is 6.73. The summed E-state index contributed by atoms with van der Waals surface area (Å²) in [6.07, 6.45) is 0.956. The molecule has 1 amide bonds. The number of guanidine groups is 1. The molecule has 1 aliphatic rings. The Labute approximate surface area is 261 Å². The van der Waals surface area contributed by atoms with Crippen molar-refractivity contribution in [1.29, 1.82) is 0 Å². The average Bonchev–Trinajstić information content (AvgIpc) is 2.92. The lowest BCUT2D eigenvalue weighted by Crippen LogP contribution is -2.58. The number of aliphatic carboxylic acids is 1. The molecule has 1 heterocycles. The molecule has 0 aliphatic carbocycles. The van der Waals surface area contributed by atoms with E-state index in [-0.39, 0.29) is 47.7 Å². The van der Waals surface area contributed by atoms with Crippen molar-refractivity contribution in [3.63, 3.8) is 0 Å². The van der Waals surface area contributed by atoms with Gasteiger partial charge in [0.15, 0.2) is 12.6 Å². The zero-order valence-corrected chi connectivity index (χ0v) is 26.2. The van der Waals surface area contributed by atoms with Crippen LogP contribution in [0.5, 0.6) is 5.75 Å². The van der Waals surface area contributed by atoms with E-state index in [4.69, 9.17) is 43.2 Å². The third kappa shape index (κ3) is 13.0. The van der Waals surface area contributed by atoms with Crippen LogP contribution < -0.4 is 21.9 Å². The standard InChI is InChI=1S/C22H26ClFN2O5S.C6H14N4O2/c1-15-11-26(16(2)10-25(15)12-17-3-6-20(24)7-4-17)22(27)13-31-21-8-5-19(23)9-18(21)14-32(28,29)30;7-4(5(11)12)2-1-3-10-6(8)9/h3-9,15-16H,10-14H2,1-2H3,(H,28,29,30);4H,1-3,7H2,(H,11,12)(H4,8,9,10)/t15-,16+;4-/m00/s1. The molecule has 244 valence electrons. The van der Waals surface area contributed by atoms with Crippen molar-refractivity contribution in [3.05, 3.63) is 64.4 Å². The van der Waals surface area contributed by atoms with E-state index in [9.17, 15) is 22.4 Å². The van der Waals surface area contributed by atoms with Gasteiger partial charge in [-0.2, -0.15) is 8.42 Å². The van der Waals surface area contributed by atoms with Gasteiger partial charge in [0.25, 0.3) is 16.0 Å². The normalized spacial score (nSPS) is 17.6. The minimum atomic E-state index is -4.29. The first-order chi connectivity index (χ1) is 20.6. The van der Waals surface area contributed by atoms with Crippen molar-refractivity contribution in [2.24, 2.45) is 22.2 Å². The lowest BCUT2D eigenvalue weighted by molar-refractivity contribution is -0.140. The predicted octanol–water partition coefficient (Wildman–Crippen LogP) is 1.82. The summed E-state index contributed by atoms with van der Waals surface area (Å²) in [6.45, 7) is 5.95. The molecule has 0 saturated carbocycles. The molecule has 0 bridgehead atoms. The fraction of sp³-hybridized carbons (Fsp3) is 0.464. The summed E-state index contributed by atoms with van der Waals surface area (Å²) in [5.41, 5.74) is 16.5. The Kier molecular flexibility index (Phi) is 14.3. The van der Waals surface area contributed by atoms with Crippen LogP contribution in [0.3, 0.4) is 0 Å². The second-order valence-electron chi connectivity index (χ2n) is 10.5. The first kappa shape index (κ1) is 36.7. The minimum absolute atomic E-state index is 0.0129. The fourth-order valence-electron chi connectivity index (χ4n) is 4.45. The molecule has 0 aromatic heterocycles. The number of hydrogen-bond acceptors (Lipinski definition) is 8. The Bertz CT molecular complexity index is 1390. The highest BCUT2D eigenvalue weighted by molar-refractivity contribution is 7.85. The number of carbonyl (C=O) groups is 2. The number of halogens is 2. The van der Waals surface area contributed by atoms with E-state index < -0.39 is 27.9 Å². The van der Waals surface area contributed by atoms with E-state index in [1.807, 2.05) is 13.8 Å². The fourth-order valence-corrected chi connectivity index (χ4v) is 5.27. The molecule has 16 heteroatoms. The van der Waals surface area contributed by atoms with Crippen molar-refractivity contribution in [2.75, 3.05) is 26.2 Å². The molecule has 44 heavy (non-hydrogen) atoms. The van der Waals surface area contributed by atoms with Gasteiger partial charge < -0.3 is 31.9 Å². The zero-order chi connectivity index (χ0) is 33.0. The second-order valence-corrected chi connectivity index (χ2v) is 12.3. The molecular weight excluding hydrogens is 619 g/mol. The summed E-state index contributed by atoms with van der Waals surface area (Å²) in [7, 11) is -4.29. The largest absolute Gasteiger partial charge is 0.483 e. The zero-order valence-electron chi connectivity index (χ0n) is 24.6. The summed E-state index contributed by atoms with van der Waals surface area (Å²) in [4.78, 5) is 30.7. The quantitative estimate of drug-likeness (QED) is 0.0959. The molecule has 3 rings (SSSR count). The van der Waals surface area contributed by atoms with Crippen LogP contribution in [-0.2, 0) is 32.0 Å². The SMILES string of the molecule is C[C@@H]1CN(Cc2ccc(F)cc2)[C@@H](C)CN1C(=O)COc1ccc(Cl)cc1CS(=O)(=O)O.NC(N)=NCCC[C@H](N)C(=O)O. The van der Waals surface area contributed by atoms with Gasteiger partial charge >= 0.3 is 5.97 Å². The number of nitrogens with two attached hydrogens (primary N) is 3. The Morgan fingerprint density at radius 1 is 1.14 bits per heavy atom. The molecule has 2 aromatic rings. The first-order valence-electron chi connectivity index (χ1n) is 13.7. The molecule has 0 spiro atoms. The predicted molar refractivity (Wildman–Crippen MR) is 165 cm³/mol. The van der Waals surface area contributed by atoms with Crippen LogP contribution in [0.25, 0.3) is 0 Å². The van der Waals surface area contributed by atoms with Gasteiger partial charge in [-0.15, -0.1) is 0 Å². The van der Waals surface area contributed by atoms with E-state index in [0.717, 1.165) is 5.56 Å². The number of piperazine rings is 1. The van der Waals surface area contributed by atoms with Crippen molar-refractivity contribution < 1.29 is 36.8 Å². The number of rotatable bonds is 12. The number of amides is 1. The monoisotopic (exact) mass is 658 g/mol. The Morgan fingerprint density at radius 3 is 2.39 bits per heavy atom. The van der Waals surface area contributed by atoms with E-state index in [0.29, 0.717) is 44.0 Å². The lowest BCUT2D eigenvalue weighted by atomic mass is 10.1. The van der Waals surface area contributed by atoms with Crippen molar-refractivity contribution in [3.8, 4) is 5.75 Å². The van der Waals surface area contributed by atoms with E-state index >= 15 is 0 Å².